The summed E-state index contributed by atoms with van der Waals surface area (Å²) in [5.74, 6) is 0. The van der Waals surface area contributed by atoms with Gasteiger partial charge in [0.15, 0.2) is 0 Å². The van der Waals surface area contributed by atoms with Gasteiger partial charge in [0.25, 0.3) is 0 Å². The van der Waals surface area contributed by atoms with Crippen molar-refractivity contribution in [1.82, 2.24) is 4.67 Å². The molecular formula is C8H20NO3P. The lowest BCUT2D eigenvalue weighted by atomic mass is 10.4. The number of hydrogen-bond donors (Lipinski definition) is 0. The van der Waals surface area contributed by atoms with E-state index in [2.05, 4.69) is 0 Å². The van der Waals surface area contributed by atoms with Gasteiger partial charge in [-0.15, -0.1) is 0 Å². The van der Waals surface area contributed by atoms with E-state index in [1.807, 2.05) is 20.8 Å². The Morgan fingerprint density at radius 2 is 1.77 bits per heavy atom. The molecule has 0 spiro atoms. The van der Waals surface area contributed by atoms with Crippen molar-refractivity contribution in [3.05, 3.63) is 0 Å². The summed E-state index contributed by atoms with van der Waals surface area (Å²) < 4.78 is 23.6. The molecule has 0 bridgehead atoms. The van der Waals surface area contributed by atoms with Crippen LogP contribution in [-0.2, 0) is 13.6 Å². The van der Waals surface area contributed by atoms with Crippen LogP contribution < -0.4 is 0 Å². The van der Waals surface area contributed by atoms with Crippen LogP contribution in [0.4, 0.5) is 0 Å². The summed E-state index contributed by atoms with van der Waals surface area (Å²) in [6, 6.07) is 0.158. The van der Waals surface area contributed by atoms with Gasteiger partial charge in [-0.2, -0.15) is 0 Å². The fourth-order valence-electron chi connectivity index (χ4n) is 1.18. The standard InChI is InChI=1S/C8H20NO3P/c1-6-7-9(8(2)3)13(10,11-4)12-5/h8H,6-7H2,1-5H3. The molecular weight excluding hydrogens is 189 g/mol. The molecule has 13 heavy (non-hydrogen) atoms. The molecule has 80 valence electrons. The van der Waals surface area contributed by atoms with Crippen LogP contribution in [0, 0.1) is 0 Å². The first-order valence-corrected chi connectivity index (χ1v) is 6.00. The molecule has 0 saturated carbocycles. The molecule has 0 aliphatic rings. The Hall–Kier alpha value is 0.110. The minimum Gasteiger partial charge on any atom is -0.300 e. The summed E-state index contributed by atoms with van der Waals surface area (Å²) in [4.78, 5) is 0. The zero-order valence-corrected chi connectivity index (χ0v) is 10.0. The van der Waals surface area contributed by atoms with E-state index in [-0.39, 0.29) is 6.04 Å². The average molecular weight is 209 g/mol. The lowest BCUT2D eigenvalue weighted by Gasteiger charge is -2.30. The van der Waals surface area contributed by atoms with Gasteiger partial charge in [0.2, 0.25) is 0 Å². The second-order valence-electron chi connectivity index (χ2n) is 3.09. The Kier molecular flexibility index (Phi) is 5.81. The highest BCUT2D eigenvalue weighted by Crippen LogP contribution is 2.51. The smallest absolute Gasteiger partial charge is 0.300 e. The Labute approximate surface area is 80.8 Å². The molecule has 4 nitrogen and oxygen atoms in total. The van der Waals surface area contributed by atoms with Crippen molar-refractivity contribution < 1.29 is 13.6 Å². The van der Waals surface area contributed by atoms with Crippen LogP contribution in [0.1, 0.15) is 27.2 Å². The van der Waals surface area contributed by atoms with E-state index >= 15 is 0 Å². The third kappa shape index (κ3) is 3.39. The largest absolute Gasteiger partial charge is 0.407 e. The van der Waals surface area contributed by atoms with Crippen LogP contribution in [0.5, 0.6) is 0 Å². The lowest BCUT2D eigenvalue weighted by Crippen LogP contribution is -2.29. The van der Waals surface area contributed by atoms with E-state index in [0.29, 0.717) is 0 Å². The van der Waals surface area contributed by atoms with Crippen molar-refractivity contribution in [2.45, 2.75) is 33.2 Å². The highest BCUT2D eigenvalue weighted by Gasteiger charge is 2.32. The molecule has 0 aromatic rings. The quantitative estimate of drug-likeness (QED) is 0.630. The third-order valence-corrected chi connectivity index (χ3v) is 4.04. The van der Waals surface area contributed by atoms with E-state index in [1.165, 1.54) is 14.2 Å². The van der Waals surface area contributed by atoms with Crippen molar-refractivity contribution in [1.29, 1.82) is 0 Å². The Morgan fingerprint density at radius 1 is 1.31 bits per heavy atom. The molecule has 0 unspecified atom stereocenters. The molecule has 0 heterocycles. The van der Waals surface area contributed by atoms with Crippen molar-refractivity contribution >= 4 is 7.75 Å². The van der Waals surface area contributed by atoms with Gasteiger partial charge >= 0.3 is 7.75 Å². The van der Waals surface area contributed by atoms with Crippen LogP contribution in [0.25, 0.3) is 0 Å². The van der Waals surface area contributed by atoms with Crippen molar-refractivity contribution in [2.75, 3.05) is 20.8 Å². The number of hydrogen-bond acceptors (Lipinski definition) is 3. The molecule has 0 atom stereocenters. The summed E-state index contributed by atoms with van der Waals surface area (Å²) in [7, 11) is -0.207. The van der Waals surface area contributed by atoms with Crippen LogP contribution >= 0.6 is 7.75 Å². The van der Waals surface area contributed by atoms with Gasteiger partial charge in [-0.25, -0.2) is 9.24 Å². The first-order chi connectivity index (χ1) is 6.01. The average Bonchev–Trinajstić information content (AvgIpc) is 2.12. The fraction of sp³-hybridized carbons (Fsp3) is 1.00. The van der Waals surface area contributed by atoms with E-state index in [4.69, 9.17) is 9.05 Å². The zero-order chi connectivity index (χ0) is 10.5. The predicted octanol–water partition coefficient (Wildman–Crippen LogP) is 2.51. The Balaban J connectivity index is 4.59. The molecule has 0 saturated heterocycles. The predicted molar refractivity (Wildman–Crippen MR) is 53.8 cm³/mol. The molecule has 0 aromatic carbocycles. The van der Waals surface area contributed by atoms with Crippen molar-refractivity contribution in [3.63, 3.8) is 0 Å². The summed E-state index contributed by atoms with van der Waals surface area (Å²) in [5, 5.41) is 0. The molecule has 0 aliphatic heterocycles. The van der Waals surface area contributed by atoms with E-state index in [0.717, 1.165) is 13.0 Å². The summed E-state index contributed by atoms with van der Waals surface area (Å²) >= 11 is 0. The fourth-order valence-corrected chi connectivity index (χ4v) is 2.76. The van der Waals surface area contributed by atoms with E-state index < -0.39 is 7.75 Å². The SMILES string of the molecule is CCCN(C(C)C)P(=O)(OC)OC. The van der Waals surface area contributed by atoms with Gasteiger partial charge in [-0.1, -0.05) is 6.92 Å². The zero-order valence-electron chi connectivity index (χ0n) is 9.11. The van der Waals surface area contributed by atoms with Crippen LogP contribution in [0.15, 0.2) is 0 Å². The second kappa shape index (κ2) is 5.76. The van der Waals surface area contributed by atoms with Gasteiger partial charge < -0.3 is 0 Å². The van der Waals surface area contributed by atoms with Crippen LogP contribution in [0.3, 0.4) is 0 Å². The highest BCUT2D eigenvalue weighted by atomic mass is 31.2. The molecule has 0 fully saturated rings. The molecule has 0 aromatic heterocycles. The van der Waals surface area contributed by atoms with E-state index in [9.17, 15) is 4.57 Å². The summed E-state index contributed by atoms with van der Waals surface area (Å²) in [6.07, 6.45) is 0.925. The molecule has 0 aliphatic carbocycles. The van der Waals surface area contributed by atoms with Gasteiger partial charge in [-0.05, 0) is 20.3 Å². The topological polar surface area (TPSA) is 38.8 Å². The van der Waals surface area contributed by atoms with Crippen LogP contribution in [0.2, 0.25) is 0 Å². The highest BCUT2D eigenvalue weighted by molar-refractivity contribution is 7.51. The molecule has 5 heteroatoms. The Morgan fingerprint density at radius 3 is 2.00 bits per heavy atom. The van der Waals surface area contributed by atoms with E-state index in [1.54, 1.807) is 4.67 Å². The Bertz CT molecular complexity index is 176. The molecule has 0 radical (unpaired) electrons. The minimum atomic E-state index is -3.03. The number of rotatable bonds is 6. The first-order valence-electron chi connectivity index (χ1n) is 4.50. The maximum absolute atomic E-state index is 12.0. The monoisotopic (exact) mass is 209 g/mol. The van der Waals surface area contributed by atoms with Gasteiger partial charge in [0.1, 0.15) is 0 Å². The van der Waals surface area contributed by atoms with Gasteiger partial charge in [-0.3, -0.25) is 9.05 Å². The molecule has 0 N–H and O–H groups in total. The third-order valence-electron chi connectivity index (χ3n) is 1.82. The maximum Gasteiger partial charge on any atom is 0.407 e. The second-order valence-corrected chi connectivity index (χ2v) is 5.27. The minimum absolute atomic E-state index is 0.158. The summed E-state index contributed by atoms with van der Waals surface area (Å²) in [5.41, 5.74) is 0. The first kappa shape index (κ1) is 13.1. The molecule has 0 rings (SSSR count). The number of nitrogens with zero attached hydrogens (tertiary/aromatic N) is 1. The van der Waals surface area contributed by atoms with Crippen LogP contribution in [-0.4, -0.2) is 31.5 Å². The normalized spacial score (nSPS) is 12.8. The summed E-state index contributed by atoms with van der Waals surface area (Å²) in [6.45, 7) is 6.70. The van der Waals surface area contributed by atoms with Gasteiger partial charge in [0, 0.05) is 26.8 Å². The maximum atomic E-state index is 12.0. The lowest BCUT2D eigenvalue weighted by molar-refractivity contribution is 0.190. The van der Waals surface area contributed by atoms with Gasteiger partial charge in [0.05, 0.1) is 0 Å². The molecule has 0 amide bonds. The van der Waals surface area contributed by atoms with Crippen molar-refractivity contribution in [2.24, 2.45) is 0 Å². The van der Waals surface area contributed by atoms with Crippen molar-refractivity contribution in [3.8, 4) is 0 Å².